The molecule has 1 heterocycles. The minimum Gasteiger partial charge on any atom is -0.465 e. The molecule has 166 valence electrons. The van der Waals surface area contributed by atoms with Gasteiger partial charge in [0, 0.05) is 17.4 Å². The lowest BCUT2D eigenvalue weighted by Crippen LogP contribution is -2.44. The largest absolute Gasteiger partial charge is 0.465 e. The lowest BCUT2D eigenvalue weighted by molar-refractivity contribution is -0.124. The maximum atomic E-state index is 13.6. The van der Waals surface area contributed by atoms with Crippen molar-refractivity contribution in [2.75, 3.05) is 18.6 Å². The van der Waals surface area contributed by atoms with Crippen molar-refractivity contribution in [3.05, 3.63) is 15.8 Å². The zero-order valence-corrected chi connectivity index (χ0v) is 20.0. The fraction of sp³-hybridized carbons (Fsp3) is 0.667. The summed E-state index contributed by atoms with van der Waals surface area (Å²) < 4.78 is 5.03. The summed E-state index contributed by atoms with van der Waals surface area (Å²) >= 11 is 1.29. The molecule has 1 aliphatic carbocycles. The van der Waals surface area contributed by atoms with E-state index in [-0.39, 0.29) is 23.3 Å². The van der Waals surface area contributed by atoms with E-state index in [1.165, 1.54) is 18.4 Å². The molecule has 6 heteroatoms. The number of ether oxygens (including phenoxy) is 1. The Bertz CT molecular complexity index is 805. The molecule has 0 bridgehead atoms. The number of nitrogens with two attached hydrogens (primary N) is 1. The molecule has 1 atom stereocenters. The number of nitrogens with zero attached hydrogens (tertiary/aromatic N) is 1. The maximum absolute atomic E-state index is 13.6. The van der Waals surface area contributed by atoms with Crippen molar-refractivity contribution in [2.24, 2.45) is 23.0 Å². The second kappa shape index (κ2) is 10.5. The summed E-state index contributed by atoms with van der Waals surface area (Å²) in [5, 5.41) is 0. The quantitative estimate of drug-likeness (QED) is 0.516. The molecule has 0 aliphatic heterocycles. The van der Waals surface area contributed by atoms with Crippen molar-refractivity contribution in [1.29, 1.82) is 0 Å². The van der Waals surface area contributed by atoms with E-state index in [0.29, 0.717) is 29.4 Å². The number of carbonyl (C=O) groups excluding carboxylic acids is 2. The van der Waals surface area contributed by atoms with Gasteiger partial charge in [0.1, 0.15) is 4.88 Å². The normalized spacial score (nSPS) is 20.1. The van der Waals surface area contributed by atoms with Crippen LogP contribution in [-0.4, -0.2) is 31.6 Å². The molecule has 1 aliphatic rings. The van der Waals surface area contributed by atoms with Crippen LogP contribution >= 0.6 is 11.3 Å². The van der Waals surface area contributed by atoms with Gasteiger partial charge < -0.3 is 15.4 Å². The molecule has 0 saturated heterocycles. The van der Waals surface area contributed by atoms with Crippen LogP contribution in [0.1, 0.15) is 81.3 Å². The summed E-state index contributed by atoms with van der Waals surface area (Å²) in [5.74, 6) is 6.68. The highest BCUT2D eigenvalue weighted by molar-refractivity contribution is 7.15. The van der Waals surface area contributed by atoms with Gasteiger partial charge in [-0.3, -0.25) is 4.79 Å². The maximum Gasteiger partial charge on any atom is 0.350 e. The molecule has 0 radical (unpaired) electrons. The van der Waals surface area contributed by atoms with Crippen LogP contribution in [0.25, 0.3) is 0 Å². The van der Waals surface area contributed by atoms with Crippen molar-refractivity contribution in [1.82, 2.24) is 0 Å². The molecule has 2 rings (SSSR count). The lowest BCUT2D eigenvalue weighted by Gasteiger charge is -2.34. The number of rotatable bonds is 6. The van der Waals surface area contributed by atoms with E-state index in [9.17, 15) is 9.59 Å². The fourth-order valence-electron chi connectivity index (χ4n) is 3.76. The van der Waals surface area contributed by atoms with Crippen LogP contribution in [0.2, 0.25) is 0 Å². The SMILES string of the molecule is COC(=O)c1sc(C#CC(C)(C)C)cc1N(C(=O)[C@H]1CC[C@H](C)CC1)C(C)CCN. The van der Waals surface area contributed by atoms with Crippen LogP contribution in [-0.2, 0) is 9.53 Å². The summed E-state index contributed by atoms with van der Waals surface area (Å²) in [4.78, 5) is 29.1. The van der Waals surface area contributed by atoms with Crippen LogP contribution in [0, 0.1) is 29.1 Å². The molecule has 1 fully saturated rings. The average Bonchev–Trinajstić information content (AvgIpc) is 3.10. The van der Waals surface area contributed by atoms with Gasteiger partial charge in [0.15, 0.2) is 0 Å². The van der Waals surface area contributed by atoms with Crippen LogP contribution in [0.4, 0.5) is 5.69 Å². The summed E-state index contributed by atoms with van der Waals surface area (Å²) in [5.41, 5.74) is 6.27. The Balaban J connectivity index is 2.49. The number of amides is 1. The molecule has 1 unspecified atom stereocenters. The van der Waals surface area contributed by atoms with Crippen LogP contribution in [0.15, 0.2) is 6.07 Å². The molecule has 1 aromatic rings. The minimum absolute atomic E-state index is 0.0177. The summed E-state index contributed by atoms with van der Waals surface area (Å²) in [7, 11) is 1.37. The fourth-order valence-corrected chi connectivity index (χ4v) is 4.68. The first-order valence-corrected chi connectivity index (χ1v) is 11.7. The topological polar surface area (TPSA) is 72.6 Å². The van der Waals surface area contributed by atoms with Gasteiger partial charge in [-0.05, 0) is 78.3 Å². The molecular weight excluding hydrogens is 396 g/mol. The van der Waals surface area contributed by atoms with Gasteiger partial charge in [0.05, 0.1) is 17.7 Å². The Kier molecular flexibility index (Phi) is 8.52. The Morgan fingerprint density at radius 2 is 1.93 bits per heavy atom. The number of esters is 1. The predicted octanol–water partition coefficient (Wildman–Crippen LogP) is 4.83. The van der Waals surface area contributed by atoms with Crippen LogP contribution < -0.4 is 10.6 Å². The van der Waals surface area contributed by atoms with Gasteiger partial charge in [-0.2, -0.15) is 0 Å². The first kappa shape index (κ1) is 24.4. The molecule has 30 heavy (non-hydrogen) atoms. The number of hydrogen-bond donors (Lipinski definition) is 1. The Hall–Kier alpha value is -1.84. The van der Waals surface area contributed by atoms with Gasteiger partial charge >= 0.3 is 5.97 Å². The van der Waals surface area contributed by atoms with Gasteiger partial charge in [-0.25, -0.2) is 4.79 Å². The molecular formula is C24H36N2O3S. The van der Waals surface area contributed by atoms with E-state index >= 15 is 0 Å². The summed E-state index contributed by atoms with van der Waals surface area (Å²) in [6.07, 6.45) is 4.56. The zero-order chi connectivity index (χ0) is 22.5. The number of methoxy groups -OCH3 is 1. The Morgan fingerprint density at radius 3 is 2.47 bits per heavy atom. The van der Waals surface area contributed by atoms with Crippen molar-refractivity contribution >= 4 is 28.9 Å². The molecule has 1 amide bonds. The third-order valence-electron chi connectivity index (χ3n) is 5.53. The standard InChI is InChI=1S/C24H36N2O3S/c1-16-7-9-18(10-8-16)22(27)26(17(2)12-14-25)20-15-19(11-13-24(3,4)5)30-21(20)23(28)29-6/h15-18H,7-10,12,14,25H2,1-6H3/t16-,17?,18-. The average molecular weight is 433 g/mol. The molecule has 1 saturated carbocycles. The number of thiophene rings is 1. The second-order valence-electron chi connectivity index (χ2n) is 9.41. The van der Waals surface area contributed by atoms with Gasteiger partial charge in [0.2, 0.25) is 5.91 Å². The highest BCUT2D eigenvalue weighted by Gasteiger charge is 2.34. The van der Waals surface area contributed by atoms with Gasteiger partial charge in [-0.1, -0.05) is 18.8 Å². The van der Waals surface area contributed by atoms with Crippen molar-refractivity contribution in [2.45, 2.75) is 72.8 Å². The third-order valence-corrected chi connectivity index (χ3v) is 6.55. The second-order valence-corrected chi connectivity index (χ2v) is 10.5. The highest BCUT2D eigenvalue weighted by atomic mass is 32.1. The van der Waals surface area contributed by atoms with Crippen LogP contribution in [0.5, 0.6) is 0 Å². The zero-order valence-electron chi connectivity index (χ0n) is 19.2. The number of carbonyl (C=O) groups is 2. The predicted molar refractivity (Wildman–Crippen MR) is 124 cm³/mol. The Labute approximate surface area is 185 Å². The summed E-state index contributed by atoms with van der Waals surface area (Å²) in [6.45, 7) is 10.8. The monoisotopic (exact) mass is 432 g/mol. The van der Waals surface area contributed by atoms with E-state index in [4.69, 9.17) is 10.5 Å². The van der Waals surface area contributed by atoms with Crippen molar-refractivity contribution in [3.8, 4) is 11.8 Å². The number of anilines is 1. The van der Waals surface area contributed by atoms with Crippen LogP contribution in [0.3, 0.4) is 0 Å². The van der Waals surface area contributed by atoms with E-state index in [1.807, 2.05) is 33.8 Å². The molecule has 0 spiro atoms. The van der Waals surface area contributed by atoms with E-state index < -0.39 is 5.97 Å². The van der Waals surface area contributed by atoms with Gasteiger partial charge in [0.25, 0.3) is 0 Å². The number of hydrogen-bond acceptors (Lipinski definition) is 5. The molecule has 1 aromatic heterocycles. The van der Waals surface area contributed by atoms with Gasteiger partial charge in [-0.15, -0.1) is 11.3 Å². The highest BCUT2D eigenvalue weighted by Crippen LogP contribution is 2.37. The van der Waals surface area contributed by atoms with Crippen molar-refractivity contribution < 1.29 is 14.3 Å². The first-order valence-electron chi connectivity index (χ1n) is 10.9. The Morgan fingerprint density at radius 1 is 1.30 bits per heavy atom. The van der Waals surface area contributed by atoms with E-state index in [1.54, 1.807) is 4.90 Å². The smallest absolute Gasteiger partial charge is 0.350 e. The first-order chi connectivity index (χ1) is 14.1. The lowest BCUT2D eigenvalue weighted by atomic mass is 9.82. The molecule has 5 nitrogen and oxygen atoms in total. The molecule has 0 aromatic carbocycles. The third kappa shape index (κ3) is 6.33. The van der Waals surface area contributed by atoms with Crippen molar-refractivity contribution in [3.63, 3.8) is 0 Å². The minimum atomic E-state index is -0.436. The molecule has 2 N–H and O–H groups in total. The van der Waals surface area contributed by atoms with E-state index in [2.05, 4.69) is 18.8 Å². The summed E-state index contributed by atoms with van der Waals surface area (Å²) in [6, 6.07) is 1.76. The van der Waals surface area contributed by atoms with E-state index in [0.717, 1.165) is 30.6 Å².